The molecular formula is C12H13BrN2O3S. The fourth-order valence-electron chi connectivity index (χ4n) is 1.52. The molecule has 1 aromatic rings. The lowest BCUT2D eigenvalue weighted by Crippen LogP contribution is -2.32. The Bertz CT molecular complexity index is 520. The van der Waals surface area contributed by atoms with Crippen molar-refractivity contribution in [1.82, 2.24) is 5.32 Å². The second-order valence-corrected chi connectivity index (χ2v) is 6.71. The minimum atomic E-state index is -0.432. The standard InChI is InChI=1S/C12H13BrN2O3S/c1-7(12(16)14-9-3-4-9)19-11-5-2-8(13)6-10(11)15(17)18/h2,5-7,9H,3-4H2,1H3,(H,14,16)/t7-/m1/s1. The summed E-state index contributed by atoms with van der Waals surface area (Å²) in [6.45, 7) is 1.76. The van der Waals surface area contributed by atoms with Crippen LogP contribution >= 0.6 is 27.7 Å². The smallest absolute Gasteiger partial charge is 0.284 e. The topological polar surface area (TPSA) is 72.2 Å². The zero-order valence-corrected chi connectivity index (χ0v) is 12.7. The summed E-state index contributed by atoms with van der Waals surface area (Å²) >= 11 is 4.42. The van der Waals surface area contributed by atoms with Gasteiger partial charge in [0.25, 0.3) is 5.69 Å². The van der Waals surface area contributed by atoms with Gasteiger partial charge in [0.2, 0.25) is 5.91 Å². The third-order valence-electron chi connectivity index (χ3n) is 2.71. The lowest BCUT2D eigenvalue weighted by Gasteiger charge is -2.11. The molecule has 0 aromatic heterocycles. The number of carbonyl (C=O) groups is 1. The van der Waals surface area contributed by atoms with Crippen molar-refractivity contribution in [3.63, 3.8) is 0 Å². The number of hydrogen-bond acceptors (Lipinski definition) is 4. The zero-order chi connectivity index (χ0) is 14.0. The molecule has 0 unspecified atom stereocenters. The maximum absolute atomic E-state index is 11.8. The molecule has 1 saturated carbocycles. The average molecular weight is 345 g/mol. The molecule has 0 saturated heterocycles. The molecule has 1 aromatic carbocycles. The Morgan fingerprint density at radius 3 is 2.84 bits per heavy atom. The number of halogens is 1. The molecule has 0 bridgehead atoms. The average Bonchev–Trinajstić information content (AvgIpc) is 3.14. The lowest BCUT2D eigenvalue weighted by atomic mass is 10.3. The van der Waals surface area contributed by atoms with E-state index in [4.69, 9.17) is 0 Å². The number of nitrogens with one attached hydrogen (secondary N) is 1. The molecule has 1 aliphatic carbocycles. The largest absolute Gasteiger partial charge is 0.352 e. The first-order chi connectivity index (χ1) is 8.97. The summed E-state index contributed by atoms with van der Waals surface area (Å²) in [4.78, 5) is 22.9. The molecule has 0 spiro atoms. The van der Waals surface area contributed by atoms with Gasteiger partial charge >= 0.3 is 0 Å². The normalized spacial score (nSPS) is 15.9. The number of benzene rings is 1. The van der Waals surface area contributed by atoms with E-state index in [9.17, 15) is 14.9 Å². The van der Waals surface area contributed by atoms with Crippen molar-refractivity contribution in [2.75, 3.05) is 0 Å². The van der Waals surface area contributed by atoms with Crippen LogP contribution in [0.4, 0.5) is 5.69 Å². The van der Waals surface area contributed by atoms with E-state index in [1.165, 1.54) is 17.8 Å². The zero-order valence-electron chi connectivity index (χ0n) is 10.3. The van der Waals surface area contributed by atoms with Crippen molar-refractivity contribution in [1.29, 1.82) is 0 Å². The first kappa shape index (κ1) is 14.3. The molecule has 7 heteroatoms. The van der Waals surface area contributed by atoms with Gasteiger partial charge in [-0.3, -0.25) is 14.9 Å². The molecule has 2 rings (SSSR count). The van der Waals surface area contributed by atoms with Crippen LogP contribution in [0.15, 0.2) is 27.6 Å². The van der Waals surface area contributed by atoms with Crippen LogP contribution in [-0.4, -0.2) is 22.1 Å². The van der Waals surface area contributed by atoms with Crippen LogP contribution in [0.5, 0.6) is 0 Å². The molecule has 1 N–H and O–H groups in total. The Kier molecular flexibility index (Phi) is 4.46. The maximum Gasteiger partial charge on any atom is 0.284 e. The summed E-state index contributed by atoms with van der Waals surface area (Å²) in [6, 6.07) is 5.15. The van der Waals surface area contributed by atoms with E-state index >= 15 is 0 Å². The van der Waals surface area contributed by atoms with Crippen LogP contribution < -0.4 is 5.32 Å². The van der Waals surface area contributed by atoms with E-state index in [0.29, 0.717) is 15.4 Å². The molecule has 19 heavy (non-hydrogen) atoms. The highest BCUT2D eigenvalue weighted by Crippen LogP contribution is 2.34. The molecule has 1 aliphatic rings. The summed E-state index contributed by atoms with van der Waals surface area (Å²) < 4.78 is 0.652. The maximum atomic E-state index is 11.8. The van der Waals surface area contributed by atoms with Gasteiger partial charge in [0, 0.05) is 16.6 Å². The second-order valence-electron chi connectivity index (χ2n) is 4.41. The number of hydrogen-bond donors (Lipinski definition) is 1. The Labute approximate surface area is 123 Å². The summed E-state index contributed by atoms with van der Waals surface area (Å²) in [6.07, 6.45) is 2.06. The van der Waals surface area contributed by atoms with E-state index < -0.39 is 4.92 Å². The summed E-state index contributed by atoms with van der Waals surface area (Å²) in [5.41, 5.74) is 0.0189. The van der Waals surface area contributed by atoms with Crippen LogP contribution in [0, 0.1) is 10.1 Å². The van der Waals surface area contributed by atoms with Crippen molar-refractivity contribution in [2.24, 2.45) is 0 Å². The number of nitro groups is 1. The Hall–Kier alpha value is -1.08. The van der Waals surface area contributed by atoms with Gasteiger partial charge in [-0.1, -0.05) is 15.9 Å². The highest BCUT2D eigenvalue weighted by atomic mass is 79.9. The number of thioether (sulfide) groups is 1. The van der Waals surface area contributed by atoms with Crippen LogP contribution in [0.3, 0.4) is 0 Å². The van der Waals surface area contributed by atoms with Gasteiger partial charge in [0.05, 0.1) is 15.1 Å². The molecule has 1 fully saturated rings. The monoisotopic (exact) mass is 344 g/mol. The predicted octanol–water partition coefficient (Wildman–Crippen LogP) is 3.12. The third-order valence-corrected chi connectivity index (χ3v) is 4.37. The number of rotatable bonds is 5. The highest BCUT2D eigenvalue weighted by Gasteiger charge is 2.27. The molecule has 0 heterocycles. The minimum Gasteiger partial charge on any atom is -0.352 e. The van der Waals surface area contributed by atoms with E-state index in [2.05, 4.69) is 21.2 Å². The van der Waals surface area contributed by atoms with Gasteiger partial charge in [-0.15, -0.1) is 11.8 Å². The quantitative estimate of drug-likeness (QED) is 0.506. The Morgan fingerprint density at radius 1 is 1.58 bits per heavy atom. The molecule has 1 atom stereocenters. The fourth-order valence-corrected chi connectivity index (χ4v) is 2.83. The van der Waals surface area contributed by atoms with Gasteiger partial charge in [-0.05, 0) is 31.9 Å². The predicted molar refractivity (Wildman–Crippen MR) is 77.3 cm³/mol. The van der Waals surface area contributed by atoms with E-state index in [1.54, 1.807) is 19.1 Å². The Balaban J connectivity index is 2.08. The van der Waals surface area contributed by atoms with Crippen LogP contribution in [-0.2, 0) is 4.79 Å². The van der Waals surface area contributed by atoms with Gasteiger partial charge in [0.15, 0.2) is 0 Å². The van der Waals surface area contributed by atoms with Crippen LogP contribution in [0.2, 0.25) is 0 Å². The van der Waals surface area contributed by atoms with Gasteiger partial charge in [-0.2, -0.15) is 0 Å². The van der Waals surface area contributed by atoms with Crippen molar-refractivity contribution in [3.05, 3.63) is 32.8 Å². The van der Waals surface area contributed by atoms with Crippen LogP contribution in [0.25, 0.3) is 0 Å². The van der Waals surface area contributed by atoms with E-state index in [0.717, 1.165) is 12.8 Å². The number of nitro benzene ring substituents is 1. The molecule has 0 radical (unpaired) electrons. The van der Waals surface area contributed by atoms with Crippen LogP contribution in [0.1, 0.15) is 19.8 Å². The summed E-state index contributed by atoms with van der Waals surface area (Å²) in [5, 5.41) is 13.5. The lowest BCUT2D eigenvalue weighted by molar-refractivity contribution is -0.387. The molecule has 102 valence electrons. The SMILES string of the molecule is C[C@@H](Sc1ccc(Br)cc1[N+](=O)[O-])C(=O)NC1CC1. The van der Waals surface area contributed by atoms with Gasteiger partial charge in [0.1, 0.15) is 0 Å². The van der Waals surface area contributed by atoms with Gasteiger partial charge in [-0.25, -0.2) is 0 Å². The fraction of sp³-hybridized carbons (Fsp3) is 0.417. The second kappa shape index (κ2) is 5.92. The number of nitrogens with zero attached hydrogens (tertiary/aromatic N) is 1. The molecular weight excluding hydrogens is 332 g/mol. The summed E-state index contributed by atoms with van der Waals surface area (Å²) in [7, 11) is 0. The van der Waals surface area contributed by atoms with Crippen molar-refractivity contribution < 1.29 is 9.72 Å². The highest BCUT2D eigenvalue weighted by molar-refractivity contribution is 9.10. The van der Waals surface area contributed by atoms with E-state index in [-0.39, 0.29) is 16.8 Å². The van der Waals surface area contributed by atoms with Crippen molar-refractivity contribution in [3.8, 4) is 0 Å². The number of amides is 1. The van der Waals surface area contributed by atoms with E-state index in [1.807, 2.05) is 0 Å². The molecule has 0 aliphatic heterocycles. The molecule has 5 nitrogen and oxygen atoms in total. The minimum absolute atomic E-state index is 0.0189. The van der Waals surface area contributed by atoms with Gasteiger partial charge < -0.3 is 5.32 Å². The first-order valence-corrected chi connectivity index (χ1v) is 7.55. The third kappa shape index (κ3) is 3.94. The van der Waals surface area contributed by atoms with Crippen molar-refractivity contribution in [2.45, 2.75) is 36.0 Å². The number of carbonyl (C=O) groups excluding carboxylic acids is 1. The first-order valence-electron chi connectivity index (χ1n) is 5.88. The molecule has 1 amide bonds. The summed E-state index contributed by atoms with van der Waals surface area (Å²) in [5.74, 6) is -0.0651. The Morgan fingerprint density at radius 2 is 2.26 bits per heavy atom. The van der Waals surface area contributed by atoms with Crippen molar-refractivity contribution >= 4 is 39.3 Å².